The summed E-state index contributed by atoms with van der Waals surface area (Å²) in [6.45, 7) is 3.31. The first kappa shape index (κ1) is 28.9. The molecule has 0 radical (unpaired) electrons. The van der Waals surface area contributed by atoms with Gasteiger partial charge in [-0.15, -0.1) is 0 Å². The van der Waals surface area contributed by atoms with Crippen LogP contribution in [0.25, 0.3) is 0 Å². The van der Waals surface area contributed by atoms with Crippen molar-refractivity contribution in [3.05, 3.63) is 82.4 Å². The maximum atomic E-state index is 13.8. The van der Waals surface area contributed by atoms with E-state index in [-0.39, 0.29) is 11.4 Å². The van der Waals surface area contributed by atoms with Crippen molar-refractivity contribution in [3.63, 3.8) is 0 Å². The van der Waals surface area contributed by atoms with Gasteiger partial charge in [0.25, 0.3) is 21.6 Å². The van der Waals surface area contributed by atoms with Crippen LogP contribution in [0.4, 0.5) is 11.4 Å². The van der Waals surface area contributed by atoms with Gasteiger partial charge in [-0.25, -0.2) is 13.8 Å². The Morgan fingerprint density at radius 2 is 1.69 bits per heavy atom. The van der Waals surface area contributed by atoms with Crippen LogP contribution in [0.3, 0.4) is 0 Å². The molecule has 0 bridgehead atoms. The van der Waals surface area contributed by atoms with Gasteiger partial charge in [-0.1, -0.05) is 12.1 Å². The largest absolute Gasteiger partial charge is 0.497 e. The molecular weight excluding hydrogens is 528 g/mol. The number of nitro benzene ring substituents is 1. The van der Waals surface area contributed by atoms with Crippen molar-refractivity contribution in [2.24, 2.45) is 5.10 Å². The smallest absolute Gasteiger partial charge is 0.289 e. The van der Waals surface area contributed by atoms with E-state index < -0.39 is 38.0 Å². The molecule has 39 heavy (non-hydrogen) atoms. The van der Waals surface area contributed by atoms with Gasteiger partial charge in [0.05, 0.1) is 37.1 Å². The molecule has 0 aliphatic carbocycles. The Balaban J connectivity index is 1.98. The molecule has 3 aromatic rings. The number of hydrogen-bond acceptors (Lipinski definition) is 9. The number of carbonyl (C=O) groups excluding carboxylic acids is 1. The number of anilines is 1. The summed E-state index contributed by atoms with van der Waals surface area (Å²) in [5.74, 6) is 0.333. The van der Waals surface area contributed by atoms with Gasteiger partial charge >= 0.3 is 0 Å². The summed E-state index contributed by atoms with van der Waals surface area (Å²) in [7, 11) is -1.89. The molecule has 3 rings (SSSR count). The highest BCUT2D eigenvalue weighted by Gasteiger charge is 2.34. The predicted octanol–water partition coefficient (Wildman–Crippen LogP) is 3.75. The van der Waals surface area contributed by atoms with Crippen LogP contribution in [-0.4, -0.2) is 52.3 Å². The Morgan fingerprint density at radius 1 is 1.03 bits per heavy atom. The quantitative estimate of drug-likeness (QED) is 0.201. The van der Waals surface area contributed by atoms with E-state index in [0.29, 0.717) is 29.4 Å². The van der Waals surface area contributed by atoms with Crippen LogP contribution in [0.2, 0.25) is 0 Å². The number of ether oxygens (including phenoxy) is 3. The van der Waals surface area contributed by atoms with Gasteiger partial charge in [0, 0.05) is 12.1 Å². The fourth-order valence-corrected chi connectivity index (χ4v) is 5.16. The highest BCUT2D eigenvalue weighted by atomic mass is 32.2. The van der Waals surface area contributed by atoms with Crippen molar-refractivity contribution in [1.82, 2.24) is 5.43 Å². The minimum atomic E-state index is -4.63. The van der Waals surface area contributed by atoms with E-state index >= 15 is 0 Å². The van der Waals surface area contributed by atoms with Crippen LogP contribution in [-0.2, 0) is 14.8 Å². The zero-order chi connectivity index (χ0) is 28.6. The number of carbonyl (C=O) groups is 1. The molecule has 12 nitrogen and oxygen atoms in total. The van der Waals surface area contributed by atoms with Crippen molar-refractivity contribution in [1.29, 1.82) is 0 Å². The van der Waals surface area contributed by atoms with E-state index in [2.05, 4.69) is 10.5 Å². The van der Waals surface area contributed by atoms with Crippen molar-refractivity contribution in [3.8, 4) is 17.2 Å². The number of benzene rings is 3. The number of para-hydroxylation sites is 1. The second-order valence-electron chi connectivity index (χ2n) is 7.96. The molecule has 0 saturated carbocycles. The molecule has 1 N–H and O–H groups in total. The Bertz CT molecular complexity index is 1470. The van der Waals surface area contributed by atoms with Gasteiger partial charge in [0.1, 0.15) is 23.8 Å². The van der Waals surface area contributed by atoms with Crippen LogP contribution < -0.4 is 23.9 Å². The van der Waals surface area contributed by atoms with E-state index in [1.807, 2.05) is 6.92 Å². The molecule has 206 valence electrons. The maximum absolute atomic E-state index is 13.8. The molecule has 0 aliphatic rings. The lowest BCUT2D eigenvalue weighted by Crippen LogP contribution is -2.40. The molecule has 3 aromatic carbocycles. The molecule has 0 saturated heterocycles. The van der Waals surface area contributed by atoms with Crippen LogP contribution in [0.15, 0.2) is 76.7 Å². The second-order valence-corrected chi connectivity index (χ2v) is 9.79. The van der Waals surface area contributed by atoms with Gasteiger partial charge in [-0.05, 0) is 61.9 Å². The molecule has 0 fully saturated rings. The lowest BCUT2D eigenvalue weighted by Gasteiger charge is -2.25. The van der Waals surface area contributed by atoms with Crippen molar-refractivity contribution in [2.45, 2.75) is 18.7 Å². The highest BCUT2D eigenvalue weighted by molar-refractivity contribution is 7.93. The summed E-state index contributed by atoms with van der Waals surface area (Å²) in [4.78, 5) is 23.2. The van der Waals surface area contributed by atoms with E-state index in [4.69, 9.17) is 14.2 Å². The summed E-state index contributed by atoms with van der Waals surface area (Å²) in [6.07, 6.45) is 0. The lowest BCUT2D eigenvalue weighted by molar-refractivity contribution is -0.387. The second kappa shape index (κ2) is 12.7. The number of hydrogen-bond donors (Lipinski definition) is 1. The SMILES string of the molecule is CCOc1ccc(/C(C)=N\NC(=O)CN(c2ccc(OC)cc2OC)S(=O)(=O)c2ccccc2[N+](=O)[O-])cc1. The molecule has 0 spiro atoms. The first-order chi connectivity index (χ1) is 18.6. The molecule has 13 heteroatoms. The van der Waals surface area contributed by atoms with Gasteiger partial charge in [0.15, 0.2) is 4.90 Å². The maximum Gasteiger partial charge on any atom is 0.289 e. The highest BCUT2D eigenvalue weighted by Crippen LogP contribution is 2.37. The standard InChI is InChI=1S/C26H28N4O8S/c1-5-38-20-12-10-19(11-13-20)18(2)27-28-26(31)17-29(22-15-14-21(36-3)16-24(22)37-4)39(34,35)25-9-7-6-8-23(25)30(32)33/h6-16H,5,17H2,1-4H3,(H,28,31)/b27-18-. The number of hydrazone groups is 1. The monoisotopic (exact) mass is 556 g/mol. The first-order valence-electron chi connectivity index (χ1n) is 11.7. The lowest BCUT2D eigenvalue weighted by atomic mass is 10.1. The Kier molecular flexibility index (Phi) is 9.44. The molecule has 0 atom stereocenters. The molecule has 0 unspecified atom stereocenters. The van der Waals surface area contributed by atoms with Gasteiger partial charge in [-0.3, -0.25) is 19.2 Å². The predicted molar refractivity (Wildman–Crippen MR) is 145 cm³/mol. The summed E-state index contributed by atoms with van der Waals surface area (Å²) in [5, 5.41) is 15.7. The average molecular weight is 557 g/mol. The Labute approximate surface area is 226 Å². The van der Waals surface area contributed by atoms with Crippen molar-refractivity contribution < 1.29 is 32.3 Å². The van der Waals surface area contributed by atoms with Crippen molar-refractivity contribution in [2.75, 3.05) is 31.7 Å². The summed E-state index contributed by atoms with van der Waals surface area (Å²) in [5.41, 5.74) is 2.85. The number of nitrogens with one attached hydrogen (secondary N) is 1. The van der Waals surface area contributed by atoms with E-state index in [1.54, 1.807) is 31.2 Å². The number of nitrogens with zero attached hydrogens (tertiary/aromatic N) is 3. The Hall–Kier alpha value is -4.65. The Morgan fingerprint density at radius 3 is 2.31 bits per heavy atom. The third-order valence-corrected chi connectivity index (χ3v) is 7.31. The van der Waals surface area contributed by atoms with E-state index in [0.717, 1.165) is 16.4 Å². The summed E-state index contributed by atoms with van der Waals surface area (Å²) < 4.78 is 44.2. The average Bonchev–Trinajstić information content (AvgIpc) is 2.94. The minimum Gasteiger partial charge on any atom is -0.497 e. The third kappa shape index (κ3) is 6.82. The summed E-state index contributed by atoms with van der Waals surface area (Å²) in [6, 6.07) is 16.2. The van der Waals surface area contributed by atoms with Gasteiger partial charge in [0.2, 0.25) is 0 Å². The van der Waals surface area contributed by atoms with Gasteiger partial charge in [-0.2, -0.15) is 5.10 Å². The van der Waals surface area contributed by atoms with Crippen LogP contribution in [0, 0.1) is 10.1 Å². The van der Waals surface area contributed by atoms with Crippen LogP contribution >= 0.6 is 0 Å². The zero-order valence-corrected chi connectivity index (χ0v) is 22.6. The number of amides is 1. The number of rotatable bonds is 12. The molecule has 0 aromatic heterocycles. The number of nitro groups is 1. The zero-order valence-electron chi connectivity index (χ0n) is 21.8. The normalized spacial score (nSPS) is 11.4. The van der Waals surface area contributed by atoms with E-state index in [1.165, 1.54) is 44.6 Å². The number of methoxy groups -OCH3 is 2. The van der Waals surface area contributed by atoms with Crippen molar-refractivity contribution >= 4 is 33.0 Å². The molecular formula is C26H28N4O8S. The molecule has 0 aliphatic heterocycles. The first-order valence-corrected chi connectivity index (χ1v) is 13.1. The molecule has 0 heterocycles. The van der Waals surface area contributed by atoms with E-state index in [9.17, 15) is 23.3 Å². The fraction of sp³-hybridized carbons (Fsp3) is 0.231. The number of sulfonamides is 1. The topological polar surface area (TPSA) is 150 Å². The third-order valence-electron chi connectivity index (χ3n) is 5.50. The molecule has 1 amide bonds. The van der Waals surface area contributed by atoms with Gasteiger partial charge < -0.3 is 14.2 Å². The fourth-order valence-electron chi connectivity index (χ4n) is 3.57. The van der Waals surface area contributed by atoms with Crippen LogP contribution in [0.5, 0.6) is 17.2 Å². The summed E-state index contributed by atoms with van der Waals surface area (Å²) >= 11 is 0. The van der Waals surface area contributed by atoms with Crippen LogP contribution in [0.1, 0.15) is 19.4 Å². The minimum absolute atomic E-state index is 0.0289.